The molecule has 30 atom stereocenters. The molecule has 456 valence electrons. The Bertz CT molecular complexity index is 1230. The predicted molar refractivity (Wildman–Crippen MR) is 255 cm³/mol. The van der Waals surface area contributed by atoms with Gasteiger partial charge in [0.15, 0.2) is 37.7 Å². The van der Waals surface area contributed by atoms with Gasteiger partial charge in [-0.1, -0.05) is 27.7 Å². The quantitative estimate of drug-likeness (QED) is 0.0966. The summed E-state index contributed by atoms with van der Waals surface area (Å²) in [6, 6.07) is 0. The second-order valence-electron chi connectivity index (χ2n) is 18.5. The Morgan fingerprint density at radius 2 is 0.368 bits per heavy atom. The highest BCUT2D eigenvalue weighted by Crippen LogP contribution is 2.27. The second kappa shape index (κ2) is 35.6. The van der Waals surface area contributed by atoms with Gasteiger partial charge in [0.05, 0.1) is 36.6 Å². The molecule has 6 heterocycles. The molecule has 0 saturated carbocycles. The first-order valence-electron chi connectivity index (χ1n) is 25.0. The van der Waals surface area contributed by atoms with E-state index in [0.717, 1.165) is 0 Å². The van der Waals surface area contributed by atoms with Crippen molar-refractivity contribution in [3.8, 4) is 0 Å². The summed E-state index contributed by atoms with van der Waals surface area (Å²) in [5.41, 5.74) is 0. The van der Waals surface area contributed by atoms with Crippen molar-refractivity contribution in [2.24, 2.45) is 0 Å². The minimum atomic E-state index is -1.21. The van der Waals surface area contributed by atoms with Crippen LogP contribution in [0.15, 0.2) is 0 Å². The second-order valence-corrected chi connectivity index (χ2v) is 18.5. The minimum Gasteiger partial charge on any atom is -0.388 e. The fraction of sp³-hybridized carbons (Fsp3) is 1.00. The van der Waals surface area contributed by atoms with Crippen molar-refractivity contribution in [1.82, 2.24) is 0 Å². The van der Waals surface area contributed by atoms with Crippen LogP contribution in [-0.4, -0.2) is 319 Å². The van der Waals surface area contributed by atoms with Crippen LogP contribution in [0.1, 0.15) is 67.2 Å². The van der Waals surface area contributed by atoms with Crippen LogP contribution in [0.5, 0.6) is 0 Å². The van der Waals surface area contributed by atoms with Crippen LogP contribution in [0.3, 0.4) is 0 Å². The van der Waals surface area contributed by atoms with E-state index < -0.39 is 184 Å². The molecule has 6 rings (SSSR count). The van der Waals surface area contributed by atoms with Gasteiger partial charge in [-0.15, -0.1) is 0 Å². The molecule has 6 saturated heterocycles. The molecular weight excluding hydrogens is 1030 g/mol. The highest BCUT2D eigenvalue weighted by Gasteiger charge is 2.47. The molecular formula is C46H92O30. The Hall–Kier alpha value is -1.20. The number of methoxy groups -OCH3 is 6. The number of rotatable bonds is 10. The van der Waals surface area contributed by atoms with E-state index in [2.05, 4.69) is 0 Å². The molecule has 0 spiro atoms. The first kappa shape index (κ1) is 72.8. The molecule has 0 aromatic rings. The number of aliphatic hydroxyl groups is 18. The number of ether oxygens (including phenoxy) is 12. The first-order chi connectivity index (χ1) is 35.6. The van der Waals surface area contributed by atoms with Crippen LogP contribution in [0.4, 0.5) is 0 Å². The molecule has 6 aliphatic rings. The lowest BCUT2D eigenvalue weighted by Crippen LogP contribution is -2.57. The summed E-state index contributed by atoms with van der Waals surface area (Å²) in [6.07, 6.45) is -26.6. The van der Waals surface area contributed by atoms with Crippen LogP contribution in [-0.2, 0) is 56.8 Å². The van der Waals surface area contributed by atoms with Crippen molar-refractivity contribution >= 4 is 0 Å². The third-order valence-corrected chi connectivity index (χ3v) is 13.3. The van der Waals surface area contributed by atoms with E-state index in [-0.39, 0.29) is 0 Å². The minimum absolute atomic E-state index is 0.483. The number of aliphatic hydroxyl groups excluding tert-OH is 18. The van der Waals surface area contributed by atoms with Gasteiger partial charge in [0, 0.05) is 42.7 Å². The maximum Gasteiger partial charge on any atom is 0.186 e. The topological polar surface area (TPSA) is 475 Å². The monoisotopic (exact) mass is 1120 g/mol. The van der Waals surface area contributed by atoms with Crippen molar-refractivity contribution in [1.29, 1.82) is 0 Å². The molecule has 18 N–H and O–H groups in total. The molecule has 6 fully saturated rings. The molecule has 0 bridgehead atoms. The smallest absolute Gasteiger partial charge is 0.186 e. The summed E-state index contributed by atoms with van der Waals surface area (Å²) in [5.74, 6) is 0. The molecule has 30 nitrogen and oxygen atoms in total. The molecule has 30 heteroatoms. The molecule has 0 aliphatic carbocycles. The first-order valence-corrected chi connectivity index (χ1v) is 25.0. The van der Waals surface area contributed by atoms with Crippen molar-refractivity contribution in [3.63, 3.8) is 0 Å². The average molecular weight is 1130 g/mol. The highest BCUT2D eigenvalue weighted by molar-refractivity contribution is 4.92. The van der Waals surface area contributed by atoms with Gasteiger partial charge < -0.3 is 149 Å². The summed E-state index contributed by atoms with van der Waals surface area (Å²) >= 11 is 0. The van der Waals surface area contributed by atoms with E-state index in [1.165, 1.54) is 42.7 Å². The van der Waals surface area contributed by atoms with E-state index in [4.69, 9.17) is 56.8 Å². The van der Waals surface area contributed by atoms with E-state index >= 15 is 0 Å². The maximum atomic E-state index is 9.43. The van der Waals surface area contributed by atoms with Gasteiger partial charge in [0.25, 0.3) is 0 Å². The largest absolute Gasteiger partial charge is 0.388 e. The summed E-state index contributed by atoms with van der Waals surface area (Å²) in [6.45, 7) is 10.5. The zero-order valence-electron chi connectivity index (χ0n) is 45.1. The lowest BCUT2D eigenvalue weighted by Gasteiger charge is -2.39. The molecule has 76 heavy (non-hydrogen) atoms. The Kier molecular flexibility index (Phi) is 34.1. The highest BCUT2D eigenvalue weighted by atomic mass is 16.7. The normalized spacial score (nSPS) is 47.3. The molecule has 0 aromatic carbocycles. The summed E-state index contributed by atoms with van der Waals surface area (Å²) in [5, 5.41) is 168. The number of hydrogen-bond donors (Lipinski definition) is 18. The van der Waals surface area contributed by atoms with E-state index in [9.17, 15) is 91.9 Å². The molecule has 0 amide bonds. The Morgan fingerprint density at radius 3 is 0.513 bits per heavy atom. The predicted octanol–water partition coefficient (Wildman–Crippen LogP) is -7.68. The van der Waals surface area contributed by atoms with E-state index in [1.54, 1.807) is 13.8 Å². The fourth-order valence-electron chi connectivity index (χ4n) is 8.21. The van der Waals surface area contributed by atoms with Crippen molar-refractivity contribution in [2.45, 2.75) is 251 Å². The van der Waals surface area contributed by atoms with Gasteiger partial charge in [0.2, 0.25) is 0 Å². The Labute approximate surface area is 442 Å². The molecule has 0 unspecified atom stereocenters. The lowest BCUT2D eigenvalue weighted by molar-refractivity contribution is -0.290. The van der Waals surface area contributed by atoms with Crippen LogP contribution in [0.2, 0.25) is 0 Å². The third-order valence-electron chi connectivity index (χ3n) is 13.3. The maximum absolute atomic E-state index is 9.43. The zero-order valence-corrected chi connectivity index (χ0v) is 45.1. The Balaban J connectivity index is 0.000000456. The number of hydrogen-bond acceptors (Lipinski definition) is 30. The van der Waals surface area contributed by atoms with Crippen LogP contribution in [0.25, 0.3) is 0 Å². The van der Waals surface area contributed by atoms with Gasteiger partial charge in [-0.05, 0) is 39.5 Å². The van der Waals surface area contributed by atoms with Gasteiger partial charge >= 0.3 is 0 Å². The zero-order chi connectivity index (χ0) is 58.6. The molecule has 0 aromatic heterocycles. The summed E-state index contributed by atoms with van der Waals surface area (Å²) in [7, 11) is 8.25. The van der Waals surface area contributed by atoms with Gasteiger partial charge in [0.1, 0.15) is 110 Å². The third kappa shape index (κ3) is 19.5. The lowest BCUT2D eigenvalue weighted by atomic mass is 9.97. The van der Waals surface area contributed by atoms with Crippen molar-refractivity contribution in [2.75, 3.05) is 42.7 Å². The standard InChI is InChI=1S/4C8H16O5.2C7H14O5/c4*1-3-4-5(9)6(10)7(11)8(12-2)13-4;2*1-3-4(8)5(9)6(10)7(11-2)12-3/h4*4-11H,3H2,1-2H3;2*3-10H,1-2H3/t4-,5+,6+,7-,8+;4-,5+,6+,7-,8-;2*4-,5-,6+,7-,8-;3-,4-,5+,6-,7+;3-,4-,5+,6-,7-/m111111/s1. The summed E-state index contributed by atoms with van der Waals surface area (Å²) in [4.78, 5) is 0. The van der Waals surface area contributed by atoms with Crippen LogP contribution in [0, 0.1) is 0 Å². The van der Waals surface area contributed by atoms with Crippen LogP contribution >= 0.6 is 0 Å². The van der Waals surface area contributed by atoms with Crippen molar-refractivity contribution in [3.05, 3.63) is 0 Å². The van der Waals surface area contributed by atoms with Gasteiger partial charge in [-0.3, -0.25) is 0 Å². The molecule has 6 aliphatic heterocycles. The summed E-state index contributed by atoms with van der Waals surface area (Å²) < 4.78 is 59.6. The van der Waals surface area contributed by atoms with Crippen LogP contribution < -0.4 is 0 Å². The van der Waals surface area contributed by atoms with E-state index in [0.29, 0.717) is 25.7 Å². The van der Waals surface area contributed by atoms with Crippen molar-refractivity contribution < 1.29 is 149 Å². The van der Waals surface area contributed by atoms with E-state index in [1.807, 2.05) is 27.7 Å². The average Bonchev–Trinajstić information content (AvgIpc) is 3.42. The Morgan fingerprint density at radius 1 is 0.224 bits per heavy atom. The van der Waals surface area contributed by atoms with Gasteiger partial charge in [-0.2, -0.15) is 0 Å². The SMILES string of the molecule is CC[C@H]1O[C@@H](OC)[C@H](O)[C@@H](O)[C@@H]1O.CC[C@H]1O[C@@H](OC)[C@H](O)[C@@H](O)[C@@H]1O.CC[C@H]1O[C@@H](OC)[C@H](O)[C@@H](O)[C@H]1O.CC[C@H]1O[C@H](OC)[C@H](O)[C@@H](O)[C@H]1O.CO[C@@H]1O[C@H](C)[C@@H](O)[C@H](O)[C@H]1O.CO[C@H]1O[C@H](C)[C@@H](O)[C@H](O)[C@H]1O. The molecule has 0 radical (unpaired) electrons. The van der Waals surface area contributed by atoms with Gasteiger partial charge in [-0.25, -0.2) is 0 Å². The fourth-order valence-corrected chi connectivity index (χ4v) is 8.21.